The Balaban J connectivity index is 1.49. The van der Waals surface area contributed by atoms with Crippen molar-refractivity contribution >= 4 is 17.2 Å². The molecule has 1 aromatic heterocycles. The number of thiazole rings is 1. The highest BCUT2D eigenvalue weighted by atomic mass is 32.1. The molecule has 3 rings (SSSR count). The first-order valence-corrected chi connectivity index (χ1v) is 9.11. The van der Waals surface area contributed by atoms with Crippen LogP contribution in [0.25, 0.3) is 10.6 Å². The lowest BCUT2D eigenvalue weighted by atomic mass is 10.1. The third-order valence-electron chi connectivity index (χ3n) is 3.72. The number of hydrogen-bond donors (Lipinski definition) is 1. The fourth-order valence-corrected chi connectivity index (χ4v) is 3.19. The van der Waals surface area contributed by atoms with E-state index in [4.69, 9.17) is 4.74 Å². The summed E-state index contributed by atoms with van der Waals surface area (Å²) in [5, 5.41) is 5.99. The minimum Gasteiger partial charge on any atom is -0.484 e. The van der Waals surface area contributed by atoms with Crippen molar-refractivity contribution in [1.29, 1.82) is 0 Å². The van der Waals surface area contributed by atoms with Gasteiger partial charge in [0, 0.05) is 17.5 Å². The summed E-state index contributed by atoms with van der Waals surface area (Å²) in [7, 11) is 0. The lowest BCUT2D eigenvalue weighted by Gasteiger charge is -2.08. The first kappa shape index (κ1) is 17.2. The first-order valence-electron chi connectivity index (χ1n) is 8.23. The van der Waals surface area contributed by atoms with Crippen LogP contribution in [0.3, 0.4) is 0 Å². The third kappa shape index (κ3) is 4.90. The molecular formula is C20H20N2O2S. The molecule has 3 aromatic rings. The lowest BCUT2D eigenvalue weighted by Crippen LogP contribution is -2.28. The van der Waals surface area contributed by atoms with Gasteiger partial charge in [0.15, 0.2) is 6.61 Å². The minimum absolute atomic E-state index is 0.0149. The Morgan fingerprint density at radius 1 is 1.12 bits per heavy atom. The number of ether oxygens (including phenoxy) is 1. The van der Waals surface area contributed by atoms with Gasteiger partial charge in [-0.3, -0.25) is 4.79 Å². The molecule has 1 amide bonds. The number of carbonyl (C=O) groups is 1. The number of aromatic nitrogens is 1. The summed E-state index contributed by atoms with van der Waals surface area (Å²) in [5.74, 6) is 0.553. The van der Waals surface area contributed by atoms with Gasteiger partial charge in [-0.25, -0.2) is 4.98 Å². The maximum absolute atomic E-state index is 11.9. The lowest BCUT2D eigenvalue weighted by molar-refractivity contribution is -0.123. The molecule has 0 aliphatic heterocycles. The number of aryl methyl sites for hydroxylation is 1. The van der Waals surface area contributed by atoms with E-state index in [2.05, 4.69) is 22.6 Å². The normalized spacial score (nSPS) is 10.4. The van der Waals surface area contributed by atoms with Gasteiger partial charge in [0.2, 0.25) is 0 Å². The predicted octanol–water partition coefficient (Wildman–Crippen LogP) is 4.07. The highest BCUT2D eigenvalue weighted by Crippen LogP contribution is 2.24. The molecule has 0 aliphatic rings. The Morgan fingerprint density at radius 2 is 1.88 bits per heavy atom. The van der Waals surface area contributed by atoms with Crippen molar-refractivity contribution in [2.75, 3.05) is 6.61 Å². The van der Waals surface area contributed by atoms with Crippen LogP contribution in [-0.2, 0) is 17.8 Å². The van der Waals surface area contributed by atoms with Crippen LogP contribution in [0.1, 0.15) is 18.2 Å². The number of nitrogens with one attached hydrogen (secondary N) is 1. The summed E-state index contributed by atoms with van der Waals surface area (Å²) in [5.41, 5.74) is 3.27. The second-order valence-electron chi connectivity index (χ2n) is 5.57. The maximum atomic E-state index is 11.9. The number of hydrogen-bond acceptors (Lipinski definition) is 4. The minimum atomic E-state index is -0.138. The largest absolute Gasteiger partial charge is 0.484 e. The van der Waals surface area contributed by atoms with Crippen molar-refractivity contribution in [3.8, 4) is 16.3 Å². The van der Waals surface area contributed by atoms with Gasteiger partial charge in [-0.1, -0.05) is 49.4 Å². The summed E-state index contributed by atoms with van der Waals surface area (Å²) in [4.78, 5) is 16.5. The number of carbonyl (C=O) groups excluding carboxylic acids is 1. The van der Waals surface area contributed by atoms with Crippen LogP contribution in [0.15, 0.2) is 60.0 Å². The number of para-hydroxylation sites is 1. The number of rotatable bonds is 7. The summed E-state index contributed by atoms with van der Waals surface area (Å²) < 4.78 is 5.43. The SMILES string of the molecule is CCc1csc(-c2ccc(CNC(=O)COc3ccccc3)cc2)n1. The topological polar surface area (TPSA) is 51.2 Å². The molecule has 0 spiro atoms. The van der Waals surface area contributed by atoms with E-state index in [-0.39, 0.29) is 12.5 Å². The fourth-order valence-electron chi connectivity index (χ4n) is 2.28. The van der Waals surface area contributed by atoms with Crippen molar-refractivity contribution < 1.29 is 9.53 Å². The molecule has 0 radical (unpaired) electrons. The van der Waals surface area contributed by atoms with Crippen LogP contribution in [0.4, 0.5) is 0 Å². The van der Waals surface area contributed by atoms with Crippen molar-refractivity contribution in [1.82, 2.24) is 10.3 Å². The van der Waals surface area contributed by atoms with Crippen LogP contribution in [-0.4, -0.2) is 17.5 Å². The molecular weight excluding hydrogens is 332 g/mol. The maximum Gasteiger partial charge on any atom is 0.258 e. The Bertz CT molecular complexity index is 813. The number of amides is 1. The van der Waals surface area contributed by atoms with E-state index in [9.17, 15) is 4.79 Å². The van der Waals surface area contributed by atoms with Gasteiger partial charge in [-0.15, -0.1) is 11.3 Å². The molecule has 128 valence electrons. The Hall–Kier alpha value is -2.66. The molecule has 0 unspecified atom stereocenters. The van der Waals surface area contributed by atoms with E-state index in [0.717, 1.165) is 28.2 Å². The summed E-state index contributed by atoms with van der Waals surface area (Å²) >= 11 is 1.66. The van der Waals surface area contributed by atoms with Gasteiger partial charge in [0.25, 0.3) is 5.91 Å². The third-order valence-corrected chi connectivity index (χ3v) is 4.66. The van der Waals surface area contributed by atoms with E-state index in [0.29, 0.717) is 12.3 Å². The van der Waals surface area contributed by atoms with Gasteiger partial charge >= 0.3 is 0 Å². The summed E-state index contributed by atoms with van der Waals surface area (Å²) in [6.07, 6.45) is 0.950. The first-order chi connectivity index (χ1) is 12.2. The van der Waals surface area contributed by atoms with Gasteiger partial charge in [-0.05, 0) is 24.1 Å². The monoisotopic (exact) mass is 352 g/mol. The Labute approximate surface area is 151 Å². The standard InChI is InChI=1S/C20H20N2O2S/c1-2-17-14-25-20(22-17)16-10-8-15(9-11-16)12-21-19(23)13-24-18-6-4-3-5-7-18/h3-11,14H,2,12-13H2,1H3,(H,21,23). The molecule has 25 heavy (non-hydrogen) atoms. The average Bonchev–Trinajstić information content (AvgIpc) is 3.15. The Morgan fingerprint density at radius 3 is 2.56 bits per heavy atom. The van der Waals surface area contributed by atoms with Crippen LogP contribution in [0.2, 0.25) is 0 Å². The molecule has 0 atom stereocenters. The Kier molecular flexibility index (Phi) is 5.80. The van der Waals surface area contributed by atoms with E-state index in [1.54, 1.807) is 11.3 Å². The second-order valence-corrected chi connectivity index (χ2v) is 6.43. The smallest absolute Gasteiger partial charge is 0.258 e. The van der Waals surface area contributed by atoms with Gasteiger partial charge < -0.3 is 10.1 Å². The van der Waals surface area contributed by atoms with Gasteiger partial charge in [-0.2, -0.15) is 0 Å². The molecule has 0 fully saturated rings. The predicted molar refractivity (Wildman–Crippen MR) is 101 cm³/mol. The molecule has 1 heterocycles. The van der Waals surface area contributed by atoms with Crippen molar-refractivity contribution in [2.24, 2.45) is 0 Å². The van der Waals surface area contributed by atoms with Crippen molar-refractivity contribution in [2.45, 2.75) is 19.9 Å². The van der Waals surface area contributed by atoms with Crippen molar-refractivity contribution in [3.63, 3.8) is 0 Å². The number of nitrogens with zero attached hydrogens (tertiary/aromatic N) is 1. The van der Waals surface area contributed by atoms with Crippen molar-refractivity contribution in [3.05, 3.63) is 71.2 Å². The number of benzene rings is 2. The van der Waals surface area contributed by atoms with Crippen LogP contribution >= 0.6 is 11.3 Å². The molecule has 2 aromatic carbocycles. The van der Waals surface area contributed by atoms with Gasteiger partial charge in [0.05, 0.1) is 5.69 Å². The fraction of sp³-hybridized carbons (Fsp3) is 0.200. The molecule has 0 bridgehead atoms. The zero-order chi connectivity index (χ0) is 17.5. The van der Waals surface area contributed by atoms with Gasteiger partial charge in [0.1, 0.15) is 10.8 Å². The molecule has 5 heteroatoms. The highest BCUT2D eigenvalue weighted by molar-refractivity contribution is 7.13. The quantitative estimate of drug-likeness (QED) is 0.697. The van der Waals surface area contributed by atoms with E-state index < -0.39 is 0 Å². The molecule has 0 saturated carbocycles. The summed E-state index contributed by atoms with van der Waals surface area (Å²) in [6.45, 7) is 2.60. The van der Waals surface area contributed by atoms with Crippen LogP contribution < -0.4 is 10.1 Å². The van der Waals surface area contributed by atoms with Crippen LogP contribution in [0, 0.1) is 0 Å². The second kappa shape index (κ2) is 8.44. The van der Waals surface area contributed by atoms with E-state index in [1.165, 1.54) is 0 Å². The van der Waals surface area contributed by atoms with E-state index in [1.807, 2.05) is 54.6 Å². The zero-order valence-electron chi connectivity index (χ0n) is 14.1. The summed E-state index contributed by atoms with van der Waals surface area (Å²) in [6, 6.07) is 17.4. The highest BCUT2D eigenvalue weighted by Gasteiger charge is 2.05. The molecule has 1 N–H and O–H groups in total. The molecule has 0 aliphatic carbocycles. The zero-order valence-corrected chi connectivity index (χ0v) is 14.9. The van der Waals surface area contributed by atoms with Crippen LogP contribution in [0.5, 0.6) is 5.75 Å². The molecule has 4 nitrogen and oxygen atoms in total. The molecule has 0 saturated heterocycles. The average molecular weight is 352 g/mol. The van der Waals surface area contributed by atoms with E-state index >= 15 is 0 Å².